The molecule has 1 atom stereocenters. The Hall–Kier alpha value is -2.67. The molecule has 2 heterocycles. The summed E-state index contributed by atoms with van der Waals surface area (Å²) in [7, 11) is 0. The van der Waals surface area contributed by atoms with E-state index in [0.29, 0.717) is 23.7 Å². The van der Waals surface area contributed by atoms with Crippen LogP contribution in [0, 0.1) is 0 Å². The van der Waals surface area contributed by atoms with Gasteiger partial charge in [-0.25, -0.2) is 0 Å². The van der Waals surface area contributed by atoms with Crippen molar-refractivity contribution in [1.29, 1.82) is 0 Å². The average molecular weight is 317 g/mol. The first kappa shape index (κ1) is 15.2. The normalized spacial score (nSPS) is 13.0. The zero-order chi connectivity index (χ0) is 16.4. The highest BCUT2D eigenvalue weighted by molar-refractivity contribution is 5.55. The van der Waals surface area contributed by atoms with E-state index in [1.54, 1.807) is 48.7 Å². The molecule has 0 aliphatic rings. The van der Waals surface area contributed by atoms with Crippen molar-refractivity contribution in [3.8, 4) is 11.4 Å². The molecule has 5 nitrogen and oxygen atoms in total. The number of hydrogen-bond acceptors (Lipinski definition) is 5. The molecule has 0 spiro atoms. The van der Waals surface area contributed by atoms with E-state index in [0.717, 1.165) is 0 Å². The van der Waals surface area contributed by atoms with Crippen LogP contribution in [0.2, 0.25) is 0 Å². The first-order chi connectivity index (χ1) is 10.9. The molecule has 3 aromatic rings. The maximum absolute atomic E-state index is 13.1. The quantitative estimate of drug-likeness (QED) is 0.799. The maximum Gasteiger partial charge on any atom is 0.322 e. The molecule has 0 bridgehead atoms. The third-order valence-electron chi connectivity index (χ3n) is 3.25. The topological polar surface area (TPSA) is 72.0 Å². The third kappa shape index (κ3) is 3.24. The van der Waals surface area contributed by atoms with E-state index in [1.807, 2.05) is 0 Å². The van der Waals surface area contributed by atoms with Crippen LogP contribution in [0.25, 0.3) is 11.4 Å². The summed E-state index contributed by atoms with van der Waals surface area (Å²) in [6.45, 7) is 0.691. The highest BCUT2D eigenvalue weighted by atomic mass is 19.3. The van der Waals surface area contributed by atoms with Gasteiger partial charge in [0.15, 0.2) is 0 Å². The highest BCUT2D eigenvalue weighted by Crippen LogP contribution is 2.28. The monoisotopic (exact) mass is 317 g/mol. The Balaban J connectivity index is 1.84. The van der Waals surface area contributed by atoms with Crippen LogP contribution in [-0.4, -0.2) is 20.2 Å². The van der Waals surface area contributed by atoms with Gasteiger partial charge in [-0.05, 0) is 17.7 Å². The number of aliphatic hydroxyl groups is 1. The highest BCUT2D eigenvalue weighted by Gasteiger charge is 2.32. The summed E-state index contributed by atoms with van der Waals surface area (Å²) in [6, 6.07) is 11.8. The van der Waals surface area contributed by atoms with Crippen molar-refractivity contribution in [2.45, 2.75) is 19.0 Å². The number of aromatic nitrogens is 3. The van der Waals surface area contributed by atoms with Gasteiger partial charge in [0.05, 0.1) is 5.69 Å². The second-order valence-electron chi connectivity index (χ2n) is 5.09. The predicted octanol–water partition coefficient (Wildman–Crippen LogP) is 3.33. The number of alkyl halides is 2. The molecule has 0 saturated carbocycles. The van der Waals surface area contributed by atoms with Crippen LogP contribution in [0.5, 0.6) is 0 Å². The summed E-state index contributed by atoms with van der Waals surface area (Å²) in [5.41, 5.74) is 1.66. The minimum Gasteiger partial charge on any atom is -0.382 e. The Morgan fingerprint density at radius 2 is 1.87 bits per heavy atom. The molecule has 0 amide bonds. The second-order valence-corrected chi connectivity index (χ2v) is 5.09. The Labute approximate surface area is 130 Å². The molecule has 23 heavy (non-hydrogen) atoms. The van der Waals surface area contributed by atoms with Gasteiger partial charge < -0.3 is 9.63 Å². The van der Waals surface area contributed by atoms with Crippen molar-refractivity contribution < 1.29 is 18.4 Å². The first-order valence-electron chi connectivity index (χ1n) is 6.86. The lowest BCUT2D eigenvalue weighted by atomic mass is 10.0. The van der Waals surface area contributed by atoms with Crippen molar-refractivity contribution in [2.24, 2.45) is 0 Å². The van der Waals surface area contributed by atoms with Crippen LogP contribution in [0.3, 0.4) is 0 Å². The number of nitrogens with zero attached hydrogens (tertiary/aromatic N) is 3. The van der Waals surface area contributed by atoms with Gasteiger partial charge in [-0.1, -0.05) is 35.5 Å². The maximum atomic E-state index is 13.1. The Morgan fingerprint density at radius 3 is 2.43 bits per heavy atom. The fourth-order valence-corrected chi connectivity index (χ4v) is 2.04. The lowest BCUT2D eigenvalue weighted by Gasteiger charge is -2.10. The van der Waals surface area contributed by atoms with Gasteiger partial charge in [0.2, 0.25) is 5.82 Å². The number of pyridine rings is 1. The molecule has 0 radical (unpaired) electrons. The van der Waals surface area contributed by atoms with E-state index in [1.165, 1.54) is 0 Å². The zero-order valence-corrected chi connectivity index (χ0v) is 12.1. The van der Waals surface area contributed by atoms with Crippen molar-refractivity contribution in [3.05, 3.63) is 65.8 Å². The molecule has 1 N–H and O–H groups in total. The Bertz CT molecular complexity index is 783. The number of halogens is 2. The van der Waals surface area contributed by atoms with Crippen LogP contribution in [-0.2, 0) is 5.92 Å². The molecule has 7 heteroatoms. The van der Waals surface area contributed by atoms with E-state index >= 15 is 0 Å². The third-order valence-corrected chi connectivity index (χ3v) is 3.25. The van der Waals surface area contributed by atoms with E-state index < -0.39 is 17.9 Å². The fraction of sp³-hybridized carbons (Fsp3) is 0.188. The summed E-state index contributed by atoms with van der Waals surface area (Å²) < 4.78 is 30.8. The van der Waals surface area contributed by atoms with Crippen LogP contribution in [0.15, 0.2) is 53.2 Å². The lowest BCUT2D eigenvalue weighted by molar-refractivity contribution is -0.0158. The second kappa shape index (κ2) is 5.85. The van der Waals surface area contributed by atoms with Gasteiger partial charge >= 0.3 is 5.92 Å². The van der Waals surface area contributed by atoms with E-state index in [2.05, 4.69) is 19.6 Å². The number of hydrogen-bond donors (Lipinski definition) is 1. The largest absolute Gasteiger partial charge is 0.382 e. The van der Waals surface area contributed by atoms with Crippen molar-refractivity contribution >= 4 is 0 Å². The SMILES string of the molecule is CC(F)(F)c1nc(-c2ccc(C(O)c3ccccn3)cc2)no1. The standard InChI is InChI=1S/C16H13F2N3O2/c1-16(17,18)15-20-14(21-23-15)11-7-5-10(6-8-11)13(22)12-4-2-3-9-19-12/h2-9,13,22H,1H3. The van der Waals surface area contributed by atoms with Gasteiger partial charge in [0.25, 0.3) is 5.89 Å². The molecule has 0 fully saturated rings. The van der Waals surface area contributed by atoms with Crippen molar-refractivity contribution in [1.82, 2.24) is 15.1 Å². The van der Waals surface area contributed by atoms with Crippen LogP contribution < -0.4 is 0 Å². The molecule has 0 aliphatic heterocycles. The minimum atomic E-state index is -3.18. The summed E-state index contributed by atoms with van der Waals surface area (Å²) in [5.74, 6) is -3.84. The predicted molar refractivity (Wildman–Crippen MR) is 77.6 cm³/mol. The van der Waals surface area contributed by atoms with Crippen molar-refractivity contribution in [2.75, 3.05) is 0 Å². The Kier molecular flexibility index (Phi) is 3.87. The minimum absolute atomic E-state index is 0.0698. The number of rotatable bonds is 4. The van der Waals surface area contributed by atoms with E-state index in [4.69, 9.17) is 0 Å². The van der Waals surface area contributed by atoms with Gasteiger partial charge in [0.1, 0.15) is 6.10 Å². The smallest absolute Gasteiger partial charge is 0.322 e. The summed E-state index contributed by atoms with van der Waals surface area (Å²) >= 11 is 0. The van der Waals surface area contributed by atoms with Crippen molar-refractivity contribution in [3.63, 3.8) is 0 Å². The van der Waals surface area contributed by atoms with Crippen LogP contribution in [0.4, 0.5) is 8.78 Å². The zero-order valence-electron chi connectivity index (χ0n) is 12.1. The van der Waals surface area contributed by atoms with Gasteiger partial charge in [-0.15, -0.1) is 0 Å². The summed E-state index contributed by atoms with van der Waals surface area (Å²) in [6.07, 6.45) is 0.727. The molecular weight excluding hydrogens is 304 g/mol. The van der Waals surface area contributed by atoms with E-state index in [-0.39, 0.29) is 5.82 Å². The van der Waals surface area contributed by atoms with E-state index in [9.17, 15) is 13.9 Å². The fourth-order valence-electron chi connectivity index (χ4n) is 2.04. The molecule has 3 rings (SSSR count). The molecular formula is C16H13F2N3O2. The molecule has 2 aromatic heterocycles. The van der Waals surface area contributed by atoms with Gasteiger partial charge in [-0.3, -0.25) is 4.98 Å². The number of aliphatic hydroxyl groups excluding tert-OH is 1. The van der Waals surface area contributed by atoms with Crippen LogP contribution >= 0.6 is 0 Å². The van der Waals surface area contributed by atoms with Crippen LogP contribution in [0.1, 0.15) is 30.2 Å². The molecule has 1 aromatic carbocycles. The molecule has 0 saturated heterocycles. The summed E-state index contributed by atoms with van der Waals surface area (Å²) in [4.78, 5) is 7.77. The first-order valence-corrected chi connectivity index (χ1v) is 6.86. The Morgan fingerprint density at radius 1 is 1.13 bits per heavy atom. The molecule has 1 unspecified atom stereocenters. The lowest BCUT2D eigenvalue weighted by Crippen LogP contribution is -2.07. The molecule has 118 valence electrons. The van der Waals surface area contributed by atoms with Gasteiger partial charge in [0, 0.05) is 18.7 Å². The summed E-state index contributed by atoms with van der Waals surface area (Å²) in [5, 5.41) is 13.8. The number of benzene rings is 1. The van der Waals surface area contributed by atoms with Gasteiger partial charge in [-0.2, -0.15) is 13.8 Å². The average Bonchev–Trinajstić information content (AvgIpc) is 3.05. The molecule has 0 aliphatic carbocycles.